The number of benzene rings is 1. The van der Waals surface area contributed by atoms with Gasteiger partial charge in [-0.25, -0.2) is 9.50 Å². The van der Waals surface area contributed by atoms with Crippen LogP contribution >= 0.6 is 0 Å². The number of nitrogens with zero attached hydrogens (tertiary/aromatic N) is 4. The number of fused-ring (bicyclic) bond motifs is 1. The molecule has 4 rings (SSSR count). The number of carbonyl (C=O) groups excluding carboxylic acids is 1. The minimum Gasteiger partial charge on any atom is -0.337 e. The molecular formula is C18H15N5O2. The lowest BCUT2D eigenvalue weighted by Crippen LogP contribution is -2.12. The van der Waals surface area contributed by atoms with Crippen LogP contribution in [0.4, 0.5) is 5.88 Å². The second-order valence-electron chi connectivity index (χ2n) is 5.75. The van der Waals surface area contributed by atoms with Gasteiger partial charge in [0.2, 0.25) is 5.88 Å². The maximum absolute atomic E-state index is 12.7. The van der Waals surface area contributed by atoms with E-state index in [1.165, 1.54) is 6.20 Å². The first-order valence-corrected chi connectivity index (χ1v) is 7.76. The van der Waals surface area contributed by atoms with E-state index in [0.717, 1.165) is 16.7 Å². The molecule has 1 amide bonds. The van der Waals surface area contributed by atoms with Gasteiger partial charge < -0.3 is 4.52 Å². The third-order valence-electron chi connectivity index (χ3n) is 3.88. The Morgan fingerprint density at radius 3 is 2.76 bits per heavy atom. The summed E-state index contributed by atoms with van der Waals surface area (Å²) in [6.45, 7) is 3.75. The molecule has 0 bridgehead atoms. The van der Waals surface area contributed by atoms with Gasteiger partial charge in [0.1, 0.15) is 5.56 Å². The van der Waals surface area contributed by atoms with Crippen LogP contribution in [0.15, 0.2) is 53.4 Å². The van der Waals surface area contributed by atoms with Crippen molar-refractivity contribution >= 4 is 17.4 Å². The number of anilines is 1. The van der Waals surface area contributed by atoms with E-state index in [1.807, 2.05) is 50.4 Å². The average molecular weight is 333 g/mol. The molecule has 4 aromatic rings. The van der Waals surface area contributed by atoms with E-state index in [4.69, 9.17) is 4.52 Å². The largest absolute Gasteiger partial charge is 0.337 e. The van der Waals surface area contributed by atoms with Crippen LogP contribution < -0.4 is 5.32 Å². The van der Waals surface area contributed by atoms with Gasteiger partial charge in [-0.15, -0.1) is 0 Å². The van der Waals surface area contributed by atoms with Gasteiger partial charge >= 0.3 is 0 Å². The van der Waals surface area contributed by atoms with E-state index in [-0.39, 0.29) is 5.91 Å². The van der Waals surface area contributed by atoms with Crippen molar-refractivity contribution in [2.24, 2.45) is 0 Å². The molecule has 0 aliphatic carbocycles. The third-order valence-corrected chi connectivity index (χ3v) is 3.88. The minimum absolute atomic E-state index is 0.306. The molecule has 0 unspecified atom stereocenters. The standard InChI is InChI=1S/C18H15N5O2/c1-11-8-19-16-14(9-20-23(16)10-11)17(24)21-18-15(12(2)22-25-18)13-6-4-3-5-7-13/h3-10H,1-2H3,(H,21,24). The van der Waals surface area contributed by atoms with E-state index in [1.54, 1.807) is 10.7 Å². The molecule has 3 heterocycles. The van der Waals surface area contributed by atoms with Crippen molar-refractivity contribution in [2.45, 2.75) is 13.8 Å². The Morgan fingerprint density at radius 2 is 1.96 bits per heavy atom. The molecule has 1 N–H and O–H groups in total. The predicted octanol–water partition coefficient (Wildman–Crippen LogP) is 3.25. The molecule has 0 fully saturated rings. The van der Waals surface area contributed by atoms with Crippen molar-refractivity contribution < 1.29 is 9.32 Å². The number of amides is 1. The Labute approximate surface area is 143 Å². The molecule has 0 radical (unpaired) electrons. The summed E-state index contributed by atoms with van der Waals surface area (Å²) in [6.07, 6.45) is 5.00. The van der Waals surface area contributed by atoms with Crippen LogP contribution in [-0.2, 0) is 0 Å². The highest BCUT2D eigenvalue weighted by Gasteiger charge is 2.20. The highest BCUT2D eigenvalue weighted by Crippen LogP contribution is 2.31. The van der Waals surface area contributed by atoms with Gasteiger partial charge in [0.15, 0.2) is 5.65 Å². The fourth-order valence-corrected chi connectivity index (χ4v) is 2.70. The number of aryl methyl sites for hydroxylation is 2. The van der Waals surface area contributed by atoms with E-state index in [2.05, 4.69) is 20.6 Å². The van der Waals surface area contributed by atoms with Crippen molar-refractivity contribution in [3.8, 4) is 11.1 Å². The van der Waals surface area contributed by atoms with Crippen LogP contribution in [-0.4, -0.2) is 25.7 Å². The zero-order valence-electron chi connectivity index (χ0n) is 13.7. The topological polar surface area (TPSA) is 85.3 Å². The van der Waals surface area contributed by atoms with Crippen molar-refractivity contribution in [2.75, 3.05) is 5.32 Å². The number of hydrogen-bond donors (Lipinski definition) is 1. The van der Waals surface area contributed by atoms with Crippen molar-refractivity contribution in [3.63, 3.8) is 0 Å². The third kappa shape index (κ3) is 2.65. The van der Waals surface area contributed by atoms with Crippen molar-refractivity contribution in [1.29, 1.82) is 0 Å². The first-order valence-electron chi connectivity index (χ1n) is 7.76. The molecule has 0 aliphatic rings. The molecule has 0 aliphatic heterocycles. The van der Waals surface area contributed by atoms with Gasteiger partial charge in [0.25, 0.3) is 5.91 Å². The summed E-state index contributed by atoms with van der Waals surface area (Å²) in [5.74, 6) is -0.0418. The van der Waals surface area contributed by atoms with Gasteiger partial charge in [-0.1, -0.05) is 35.5 Å². The molecule has 3 aromatic heterocycles. The van der Waals surface area contributed by atoms with Crippen LogP contribution in [0.5, 0.6) is 0 Å². The quantitative estimate of drug-likeness (QED) is 0.622. The summed E-state index contributed by atoms with van der Waals surface area (Å²) in [5, 5.41) is 10.9. The summed E-state index contributed by atoms with van der Waals surface area (Å²) in [6, 6.07) is 9.65. The Kier molecular flexibility index (Phi) is 3.53. The van der Waals surface area contributed by atoms with Crippen LogP contribution in [0, 0.1) is 13.8 Å². The number of carbonyl (C=O) groups is 1. The fourth-order valence-electron chi connectivity index (χ4n) is 2.70. The smallest absolute Gasteiger partial charge is 0.263 e. The first-order chi connectivity index (χ1) is 12.1. The van der Waals surface area contributed by atoms with Crippen molar-refractivity contribution in [1.82, 2.24) is 19.8 Å². The summed E-state index contributed by atoms with van der Waals surface area (Å²) < 4.78 is 6.90. The molecule has 124 valence electrons. The van der Waals surface area contributed by atoms with E-state index in [9.17, 15) is 4.79 Å². The average Bonchev–Trinajstić information content (AvgIpc) is 3.19. The van der Waals surface area contributed by atoms with Crippen LogP contribution in [0.2, 0.25) is 0 Å². The molecule has 0 saturated carbocycles. The number of rotatable bonds is 3. The Hall–Kier alpha value is -3.48. The van der Waals surface area contributed by atoms with Crippen molar-refractivity contribution in [3.05, 3.63) is 65.7 Å². The van der Waals surface area contributed by atoms with Gasteiger partial charge in [-0.3, -0.25) is 10.1 Å². The first kappa shape index (κ1) is 15.1. The summed E-state index contributed by atoms with van der Waals surface area (Å²) in [7, 11) is 0. The van der Waals surface area contributed by atoms with Gasteiger partial charge in [0, 0.05) is 12.4 Å². The van der Waals surface area contributed by atoms with E-state index < -0.39 is 0 Å². The molecule has 25 heavy (non-hydrogen) atoms. The fraction of sp³-hybridized carbons (Fsp3) is 0.111. The highest BCUT2D eigenvalue weighted by molar-refractivity contribution is 6.08. The normalized spacial score (nSPS) is 11.0. The molecular weight excluding hydrogens is 318 g/mol. The molecule has 0 spiro atoms. The van der Waals surface area contributed by atoms with Gasteiger partial charge in [-0.2, -0.15) is 5.10 Å². The molecule has 7 nitrogen and oxygen atoms in total. The monoisotopic (exact) mass is 333 g/mol. The SMILES string of the molecule is Cc1cnc2c(C(=O)Nc3onc(C)c3-c3ccccc3)cnn2c1. The van der Waals surface area contributed by atoms with Crippen LogP contribution in [0.1, 0.15) is 21.6 Å². The number of nitrogens with one attached hydrogen (secondary N) is 1. The maximum atomic E-state index is 12.7. The highest BCUT2D eigenvalue weighted by atomic mass is 16.5. The van der Waals surface area contributed by atoms with Crippen LogP contribution in [0.3, 0.4) is 0 Å². The van der Waals surface area contributed by atoms with Gasteiger partial charge in [-0.05, 0) is 25.0 Å². The predicted molar refractivity (Wildman–Crippen MR) is 92.4 cm³/mol. The Morgan fingerprint density at radius 1 is 1.16 bits per heavy atom. The summed E-state index contributed by atoms with van der Waals surface area (Å²) >= 11 is 0. The Balaban J connectivity index is 1.70. The van der Waals surface area contributed by atoms with E-state index in [0.29, 0.717) is 22.8 Å². The maximum Gasteiger partial charge on any atom is 0.263 e. The summed E-state index contributed by atoms with van der Waals surface area (Å²) in [5.41, 5.74) is 4.20. The molecule has 7 heteroatoms. The lowest BCUT2D eigenvalue weighted by molar-refractivity contribution is 0.102. The second-order valence-corrected chi connectivity index (χ2v) is 5.75. The number of hydrogen-bond acceptors (Lipinski definition) is 5. The summed E-state index contributed by atoms with van der Waals surface area (Å²) in [4.78, 5) is 17.0. The lowest BCUT2D eigenvalue weighted by atomic mass is 10.1. The molecule has 0 saturated heterocycles. The molecule has 0 atom stereocenters. The zero-order chi connectivity index (χ0) is 17.4. The Bertz CT molecular complexity index is 1070. The van der Waals surface area contributed by atoms with Crippen LogP contribution in [0.25, 0.3) is 16.8 Å². The lowest BCUT2D eigenvalue weighted by Gasteiger charge is -2.04. The zero-order valence-corrected chi connectivity index (χ0v) is 13.7. The minimum atomic E-state index is -0.348. The molecule has 1 aromatic carbocycles. The second kappa shape index (κ2) is 5.86. The van der Waals surface area contributed by atoms with Gasteiger partial charge in [0.05, 0.1) is 17.5 Å². The van der Waals surface area contributed by atoms with E-state index >= 15 is 0 Å². The number of aromatic nitrogens is 4.